The Balaban J connectivity index is 0.00000312. The van der Waals surface area contributed by atoms with Crippen molar-refractivity contribution >= 4 is 41.5 Å². The van der Waals surface area contributed by atoms with Gasteiger partial charge in [-0.2, -0.15) is 0 Å². The van der Waals surface area contributed by atoms with Crippen molar-refractivity contribution in [2.24, 2.45) is 11.7 Å². The largest absolute Gasteiger partial charge is 0.383 e. The number of nitrogens with two attached hydrogens (primary N) is 1. The van der Waals surface area contributed by atoms with E-state index in [1.165, 1.54) is 25.3 Å². The van der Waals surface area contributed by atoms with Crippen molar-refractivity contribution in [3.8, 4) is 0 Å². The minimum absolute atomic E-state index is 0. The Morgan fingerprint density at radius 3 is 2.64 bits per heavy atom. The minimum Gasteiger partial charge on any atom is -0.383 e. The third-order valence-corrected chi connectivity index (χ3v) is 4.32. The molecule has 0 bridgehead atoms. The quantitative estimate of drug-likeness (QED) is 0.801. The second kappa shape index (κ2) is 9.91. The van der Waals surface area contributed by atoms with Crippen molar-refractivity contribution in [3.05, 3.63) is 29.0 Å². The Kier molecular flexibility index (Phi) is 8.58. The number of anilines is 1. The highest BCUT2D eigenvalue weighted by molar-refractivity contribution is 6.31. The molecule has 0 aliphatic carbocycles. The zero-order valence-corrected chi connectivity index (χ0v) is 15.4. The molecule has 140 valence electrons. The molecule has 1 fully saturated rings. The molecule has 1 aliphatic heterocycles. The number of piperidine rings is 1. The van der Waals surface area contributed by atoms with Crippen molar-refractivity contribution < 1.29 is 18.7 Å². The van der Waals surface area contributed by atoms with Gasteiger partial charge in [-0.05, 0) is 31.0 Å². The lowest BCUT2D eigenvalue weighted by atomic mass is 9.95. The van der Waals surface area contributed by atoms with Crippen LogP contribution in [-0.2, 0) is 14.3 Å². The molecule has 1 aliphatic rings. The number of ether oxygens (including phenoxy) is 1. The van der Waals surface area contributed by atoms with Crippen LogP contribution in [0.4, 0.5) is 10.1 Å². The van der Waals surface area contributed by atoms with E-state index in [1.54, 1.807) is 4.90 Å². The zero-order valence-electron chi connectivity index (χ0n) is 13.8. The van der Waals surface area contributed by atoms with E-state index in [9.17, 15) is 14.0 Å². The molecule has 1 atom stereocenters. The molecule has 0 saturated carbocycles. The summed E-state index contributed by atoms with van der Waals surface area (Å²) in [5.41, 5.74) is 6.19. The first-order valence-electron chi connectivity index (χ1n) is 7.71. The van der Waals surface area contributed by atoms with Crippen LogP contribution in [-0.4, -0.2) is 49.6 Å². The SMILES string of the molecule is COCC(N)C(=O)N1CCC(C(=O)Nc2ccc(F)c(Cl)c2)CC1.Cl. The van der Waals surface area contributed by atoms with Gasteiger partial charge in [-0.15, -0.1) is 12.4 Å². The van der Waals surface area contributed by atoms with Crippen LogP contribution in [0.2, 0.25) is 5.02 Å². The van der Waals surface area contributed by atoms with Crippen LogP contribution >= 0.6 is 24.0 Å². The van der Waals surface area contributed by atoms with Gasteiger partial charge in [0.15, 0.2) is 0 Å². The number of hydrogen-bond donors (Lipinski definition) is 2. The van der Waals surface area contributed by atoms with E-state index < -0.39 is 11.9 Å². The van der Waals surface area contributed by atoms with Crippen LogP contribution in [0.15, 0.2) is 18.2 Å². The lowest BCUT2D eigenvalue weighted by molar-refractivity contribution is -0.136. The number of carbonyl (C=O) groups is 2. The van der Waals surface area contributed by atoms with Crippen molar-refractivity contribution in [1.29, 1.82) is 0 Å². The Morgan fingerprint density at radius 2 is 2.08 bits per heavy atom. The van der Waals surface area contributed by atoms with E-state index in [2.05, 4.69) is 5.32 Å². The van der Waals surface area contributed by atoms with E-state index in [1.807, 2.05) is 0 Å². The summed E-state index contributed by atoms with van der Waals surface area (Å²) in [6.07, 6.45) is 1.10. The Bertz CT molecular complexity index is 610. The normalized spacial score (nSPS) is 16.1. The number of nitrogens with zero attached hydrogens (tertiary/aromatic N) is 1. The number of methoxy groups -OCH3 is 1. The lowest BCUT2D eigenvalue weighted by Crippen LogP contribution is -2.49. The molecule has 2 amide bonds. The molecule has 2 rings (SSSR count). The molecular weight excluding hydrogens is 372 g/mol. The van der Waals surface area contributed by atoms with Gasteiger partial charge in [0, 0.05) is 31.8 Å². The number of likely N-dealkylation sites (tertiary alicyclic amines) is 1. The summed E-state index contributed by atoms with van der Waals surface area (Å²) in [4.78, 5) is 26.0. The summed E-state index contributed by atoms with van der Waals surface area (Å²) < 4.78 is 18.0. The first-order chi connectivity index (χ1) is 11.4. The number of hydrogen-bond acceptors (Lipinski definition) is 4. The molecule has 0 aromatic heterocycles. The third-order valence-electron chi connectivity index (χ3n) is 4.03. The predicted molar refractivity (Wildman–Crippen MR) is 96.4 cm³/mol. The Labute approximate surface area is 157 Å². The fourth-order valence-corrected chi connectivity index (χ4v) is 2.85. The van der Waals surface area contributed by atoms with E-state index in [-0.39, 0.29) is 41.8 Å². The van der Waals surface area contributed by atoms with Crippen LogP contribution < -0.4 is 11.1 Å². The molecule has 1 unspecified atom stereocenters. The summed E-state index contributed by atoms with van der Waals surface area (Å²) >= 11 is 5.70. The summed E-state index contributed by atoms with van der Waals surface area (Å²) in [7, 11) is 1.49. The number of nitrogens with one attached hydrogen (secondary N) is 1. The first-order valence-corrected chi connectivity index (χ1v) is 8.09. The Hall–Kier alpha value is -1.41. The van der Waals surface area contributed by atoms with Gasteiger partial charge in [-0.1, -0.05) is 11.6 Å². The standard InChI is InChI=1S/C16H21ClFN3O3.ClH/c1-24-9-14(19)16(23)21-6-4-10(5-7-21)15(22)20-11-2-3-13(18)12(17)8-11;/h2-3,8,10,14H,4-7,9,19H2,1H3,(H,20,22);1H. The molecule has 1 saturated heterocycles. The van der Waals surface area contributed by atoms with Gasteiger partial charge in [-0.3, -0.25) is 9.59 Å². The highest BCUT2D eigenvalue weighted by Crippen LogP contribution is 2.23. The fourth-order valence-electron chi connectivity index (χ4n) is 2.67. The average Bonchev–Trinajstić information content (AvgIpc) is 2.58. The van der Waals surface area contributed by atoms with Gasteiger partial charge < -0.3 is 20.7 Å². The molecular formula is C16H22Cl2FN3O3. The van der Waals surface area contributed by atoms with E-state index in [0.717, 1.165) is 0 Å². The van der Waals surface area contributed by atoms with Crippen molar-refractivity contribution in [1.82, 2.24) is 4.90 Å². The van der Waals surface area contributed by atoms with Crippen molar-refractivity contribution in [2.75, 3.05) is 32.1 Å². The van der Waals surface area contributed by atoms with Crippen molar-refractivity contribution in [2.45, 2.75) is 18.9 Å². The predicted octanol–water partition coefficient (Wildman–Crippen LogP) is 2.05. The highest BCUT2D eigenvalue weighted by atomic mass is 35.5. The molecule has 25 heavy (non-hydrogen) atoms. The third kappa shape index (κ3) is 5.81. The van der Waals surface area contributed by atoms with Gasteiger partial charge in [-0.25, -0.2) is 4.39 Å². The van der Waals surface area contributed by atoms with Gasteiger partial charge in [0.05, 0.1) is 11.6 Å². The number of rotatable bonds is 5. The maximum Gasteiger partial charge on any atom is 0.241 e. The van der Waals surface area contributed by atoms with Crippen LogP contribution in [0.3, 0.4) is 0 Å². The topological polar surface area (TPSA) is 84.7 Å². The second-order valence-corrected chi connectivity index (χ2v) is 6.19. The monoisotopic (exact) mass is 393 g/mol. The summed E-state index contributed by atoms with van der Waals surface area (Å²) in [5, 5.41) is 2.69. The molecule has 6 nitrogen and oxygen atoms in total. The van der Waals surface area contributed by atoms with Crippen LogP contribution in [0, 0.1) is 11.7 Å². The second-order valence-electron chi connectivity index (χ2n) is 5.78. The van der Waals surface area contributed by atoms with Crippen molar-refractivity contribution in [3.63, 3.8) is 0 Å². The number of amides is 2. The van der Waals surface area contributed by atoms with Gasteiger partial charge >= 0.3 is 0 Å². The summed E-state index contributed by atoms with van der Waals surface area (Å²) in [5.74, 6) is -1.07. The maximum absolute atomic E-state index is 13.1. The molecule has 9 heteroatoms. The zero-order chi connectivity index (χ0) is 17.7. The van der Waals surface area contributed by atoms with Crippen LogP contribution in [0.5, 0.6) is 0 Å². The summed E-state index contributed by atoms with van der Waals surface area (Å²) in [6.45, 7) is 1.11. The minimum atomic E-state index is -0.679. The van der Waals surface area contributed by atoms with Gasteiger partial charge in [0.25, 0.3) is 0 Å². The van der Waals surface area contributed by atoms with Gasteiger partial charge in [0.2, 0.25) is 11.8 Å². The molecule has 0 radical (unpaired) electrons. The molecule has 1 aromatic rings. The van der Waals surface area contributed by atoms with E-state index >= 15 is 0 Å². The first kappa shape index (κ1) is 21.6. The molecule has 0 spiro atoms. The summed E-state index contributed by atoms with van der Waals surface area (Å²) in [6, 6.07) is 3.36. The number of halogens is 3. The van der Waals surface area contributed by atoms with E-state index in [4.69, 9.17) is 22.1 Å². The van der Waals surface area contributed by atoms with Crippen LogP contribution in [0.25, 0.3) is 0 Å². The maximum atomic E-state index is 13.1. The average molecular weight is 394 g/mol. The van der Waals surface area contributed by atoms with Crippen LogP contribution in [0.1, 0.15) is 12.8 Å². The smallest absolute Gasteiger partial charge is 0.241 e. The molecule has 1 aromatic carbocycles. The molecule has 1 heterocycles. The molecule has 3 N–H and O–H groups in total. The van der Waals surface area contributed by atoms with Gasteiger partial charge in [0.1, 0.15) is 11.9 Å². The number of carbonyl (C=O) groups excluding carboxylic acids is 2. The fraction of sp³-hybridized carbons (Fsp3) is 0.500. The Morgan fingerprint density at radius 1 is 1.44 bits per heavy atom. The lowest BCUT2D eigenvalue weighted by Gasteiger charge is -2.32. The van der Waals surface area contributed by atoms with E-state index in [0.29, 0.717) is 31.6 Å². The number of benzene rings is 1. The highest BCUT2D eigenvalue weighted by Gasteiger charge is 2.29.